The lowest BCUT2D eigenvalue weighted by Gasteiger charge is -2.09. The number of benzene rings is 4. The summed E-state index contributed by atoms with van der Waals surface area (Å²) in [5.74, 6) is 0.328. The molecule has 4 aromatic rings. The molecule has 0 saturated heterocycles. The summed E-state index contributed by atoms with van der Waals surface area (Å²) in [6.45, 7) is 10.2. The van der Waals surface area contributed by atoms with Crippen molar-refractivity contribution in [1.82, 2.24) is 0 Å². The van der Waals surface area contributed by atoms with Crippen LogP contribution in [-0.2, 0) is 25.5 Å². The highest BCUT2D eigenvalue weighted by molar-refractivity contribution is 5.98. The van der Waals surface area contributed by atoms with Crippen LogP contribution in [0, 0.1) is 6.92 Å². The second-order valence-electron chi connectivity index (χ2n) is 11.8. The summed E-state index contributed by atoms with van der Waals surface area (Å²) in [6, 6.07) is 26.5. The van der Waals surface area contributed by atoms with E-state index >= 15 is 0 Å². The number of ether oxygens (including phenoxy) is 5. The molecule has 0 aliphatic carbocycles. The van der Waals surface area contributed by atoms with Gasteiger partial charge in [0.05, 0.1) is 37.7 Å². The number of aliphatic imine (C=N–C) groups is 1. The molecule has 10 nitrogen and oxygen atoms in total. The first-order valence-electron chi connectivity index (χ1n) is 17.3. The zero-order valence-corrected chi connectivity index (χ0v) is 29.8. The Balaban J connectivity index is 1.19. The van der Waals surface area contributed by atoms with E-state index in [-0.39, 0.29) is 12.2 Å². The molecule has 0 fully saturated rings. The molecule has 0 radical (unpaired) electrons. The average Bonchev–Trinajstić information content (AvgIpc) is 3.18. The van der Waals surface area contributed by atoms with E-state index < -0.39 is 17.9 Å². The topological polar surface area (TPSA) is 127 Å². The van der Waals surface area contributed by atoms with Gasteiger partial charge in [0.25, 0.3) is 0 Å². The molecule has 0 spiro atoms. The normalized spacial score (nSPS) is 10.7. The summed E-state index contributed by atoms with van der Waals surface area (Å²) in [5, 5.41) is 0. The monoisotopic (exact) mass is 717 g/mol. The smallest absolute Gasteiger partial charge is 0.343 e. The van der Waals surface area contributed by atoms with Crippen molar-refractivity contribution in [1.29, 1.82) is 0 Å². The lowest BCUT2D eigenvalue weighted by molar-refractivity contribution is -0.138. The molecule has 53 heavy (non-hydrogen) atoms. The van der Waals surface area contributed by atoms with Gasteiger partial charge in [-0.05, 0) is 134 Å². The van der Waals surface area contributed by atoms with Gasteiger partial charge in [0, 0.05) is 30.4 Å². The van der Waals surface area contributed by atoms with Gasteiger partial charge in [0.1, 0.15) is 17.2 Å². The van der Waals surface area contributed by atoms with Gasteiger partial charge in [-0.1, -0.05) is 19.2 Å². The largest absolute Gasteiger partial charge is 0.494 e. The second-order valence-corrected chi connectivity index (χ2v) is 11.8. The number of aryl methyl sites for hydroxylation is 1. The average molecular weight is 718 g/mol. The predicted molar refractivity (Wildman–Crippen MR) is 203 cm³/mol. The maximum absolute atomic E-state index is 13.0. The fourth-order valence-corrected chi connectivity index (χ4v) is 4.85. The molecule has 10 heteroatoms. The van der Waals surface area contributed by atoms with Gasteiger partial charge in [0.15, 0.2) is 5.78 Å². The van der Waals surface area contributed by atoms with E-state index in [4.69, 9.17) is 23.7 Å². The summed E-state index contributed by atoms with van der Waals surface area (Å²) < 4.78 is 26.8. The van der Waals surface area contributed by atoms with E-state index in [9.17, 15) is 19.2 Å². The van der Waals surface area contributed by atoms with Gasteiger partial charge in [-0.15, -0.1) is 0 Å². The summed E-state index contributed by atoms with van der Waals surface area (Å²) in [5.41, 5.74) is 4.43. The van der Waals surface area contributed by atoms with Gasteiger partial charge in [0.2, 0.25) is 0 Å². The Morgan fingerprint density at radius 1 is 0.623 bits per heavy atom. The highest BCUT2D eigenvalue weighted by Gasteiger charge is 2.11. The van der Waals surface area contributed by atoms with Crippen LogP contribution in [0.5, 0.6) is 17.2 Å². The number of carbonyl (C=O) groups excluding carboxylic acids is 4. The van der Waals surface area contributed by atoms with Crippen LogP contribution in [0.3, 0.4) is 0 Å². The molecule has 0 aromatic heterocycles. The minimum atomic E-state index is -0.490. The van der Waals surface area contributed by atoms with Crippen LogP contribution in [0.4, 0.5) is 5.69 Å². The molecule has 0 atom stereocenters. The minimum absolute atomic E-state index is 0.000668. The Kier molecular flexibility index (Phi) is 15.8. The van der Waals surface area contributed by atoms with Crippen LogP contribution < -0.4 is 14.2 Å². The van der Waals surface area contributed by atoms with Gasteiger partial charge < -0.3 is 23.7 Å². The van der Waals surface area contributed by atoms with Gasteiger partial charge in [-0.2, -0.15) is 0 Å². The predicted octanol–water partition coefficient (Wildman–Crippen LogP) is 8.17. The van der Waals surface area contributed by atoms with E-state index in [1.807, 2.05) is 37.3 Å². The highest BCUT2D eigenvalue weighted by Crippen LogP contribution is 2.22. The maximum atomic E-state index is 13.0. The summed E-state index contributed by atoms with van der Waals surface area (Å²) in [6.07, 6.45) is 7.04. The molecular formula is C43H43NO9. The fraction of sp³-hybridized carbons (Fsp3) is 0.233. The minimum Gasteiger partial charge on any atom is -0.494 e. The third-order valence-corrected chi connectivity index (χ3v) is 7.83. The Labute approximate surface area is 309 Å². The van der Waals surface area contributed by atoms with E-state index in [0.29, 0.717) is 74.1 Å². The third kappa shape index (κ3) is 13.7. The van der Waals surface area contributed by atoms with Crippen molar-refractivity contribution in [3.05, 3.63) is 144 Å². The number of rotatable bonds is 21. The summed E-state index contributed by atoms with van der Waals surface area (Å²) >= 11 is 0. The molecule has 0 N–H and O–H groups in total. The number of Topliss-reactive ketones (excluding diaryl/α,β-unsaturated/α-hetero) is 1. The molecule has 0 aliphatic rings. The maximum Gasteiger partial charge on any atom is 0.343 e. The van der Waals surface area contributed by atoms with Crippen LogP contribution in [0.2, 0.25) is 0 Å². The molecule has 274 valence electrons. The van der Waals surface area contributed by atoms with Gasteiger partial charge >= 0.3 is 17.9 Å². The standard InChI is InChI=1S/C43H43NO9/c1-4-41(46)51-26-8-6-24-49-37-20-13-33(14-21-37)40(45)29-35-12-17-36(28-31(35)3)44-30-32-10-18-39(19-11-32)53-43(48)34-15-22-38(23-16-34)50-25-7-9-27-52-42(47)5-2/h4-5,10-23,28,30H,1-2,6-9,24-27,29H2,3H3. The quantitative estimate of drug-likeness (QED) is 0.0209. The fourth-order valence-electron chi connectivity index (χ4n) is 4.85. The lowest BCUT2D eigenvalue weighted by atomic mass is 9.99. The first kappa shape index (κ1) is 39.5. The Hall–Kier alpha value is -6.29. The molecular weight excluding hydrogens is 674 g/mol. The van der Waals surface area contributed by atoms with Crippen LogP contribution in [-0.4, -0.2) is 56.3 Å². The first-order valence-corrected chi connectivity index (χ1v) is 17.3. The van der Waals surface area contributed by atoms with Gasteiger partial charge in [-0.3, -0.25) is 9.79 Å². The first-order chi connectivity index (χ1) is 25.7. The SMILES string of the molecule is C=CC(=O)OCCCCOc1ccc(C(=O)Cc2ccc(N=Cc3ccc(OC(=O)c4ccc(OCCCCOC(=O)C=C)cc4)cc3)cc2C)cc1. The molecule has 0 heterocycles. The van der Waals surface area contributed by atoms with E-state index in [2.05, 4.69) is 18.2 Å². The van der Waals surface area contributed by atoms with E-state index in [0.717, 1.165) is 41.0 Å². The van der Waals surface area contributed by atoms with Crippen molar-refractivity contribution >= 4 is 35.6 Å². The van der Waals surface area contributed by atoms with E-state index in [1.165, 1.54) is 0 Å². The molecule has 0 bridgehead atoms. The molecule has 0 unspecified atom stereocenters. The number of nitrogens with zero attached hydrogens (tertiary/aromatic N) is 1. The highest BCUT2D eigenvalue weighted by atomic mass is 16.5. The molecule has 4 aromatic carbocycles. The van der Waals surface area contributed by atoms with Crippen molar-refractivity contribution in [3.8, 4) is 17.2 Å². The van der Waals surface area contributed by atoms with Crippen LogP contribution in [0.1, 0.15) is 63.1 Å². The van der Waals surface area contributed by atoms with E-state index in [1.54, 1.807) is 66.9 Å². The third-order valence-electron chi connectivity index (χ3n) is 7.83. The Bertz CT molecular complexity index is 1880. The van der Waals surface area contributed by atoms with Crippen LogP contribution >= 0.6 is 0 Å². The Morgan fingerprint density at radius 2 is 1.13 bits per heavy atom. The number of esters is 3. The van der Waals surface area contributed by atoms with Gasteiger partial charge in [-0.25, -0.2) is 14.4 Å². The molecule has 0 aliphatic heterocycles. The molecule has 0 saturated carbocycles. The lowest BCUT2D eigenvalue weighted by Crippen LogP contribution is -2.08. The summed E-state index contributed by atoms with van der Waals surface area (Å²) in [7, 11) is 0. The second kappa shape index (κ2) is 21.2. The van der Waals surface area contributed by atoms with Crippen LogP contribution in [0.15, 0.2) is 121 Å². The Morgan fingerprint density at radius 3 is 1.66 bits per heavy atom. The van der Waals surface area contributed by atoms with Crippen molar-refractivity contribution in [3.63, 3.8) is 0 Å². The number of hydrogen-bond donors (Lipinski definition) is 0. The zero-order chi connectivity index (χ0) is 37.8. The van der Waals surface area contributed by atoms with Crippen molar-refractivity contribution < 1.29 is 42.9 Å². The van der Waals surface area contributed by atoms with Crippen molar-refractivity contribution in [2.45, 2.75) is 39.0 Å². The number of ketones is 1. The van der Waals surface area contributed by atoms with Crippen molar-refractivity contribution in [2.75, 3.05) is 26.4 Å². The van der Waals surface area contributed by atoms with Crippen molar-refractivity contribution in [2.24, 2.45) is 4.99 Å². The molecule has 0 amide bonds. The van der Waals surface area contributed by atoms with Crippen LogP contribution in [0.25, 0.3) is 0 Å². The molecule has 4 rings (SSSR count). The zero-order valence-electron chi connectivity index (χ0n) is 29.8. The number of unbranched alkanes of at least 4 members (excludes halogenated alkanes) is 2. The summed E-state index contributed by atoms with van der Waals surface area (Å²) in [4.78, 5) is 52.3. The number of carbonyl (C=O) groups is 4. The number of hydrogen-bond acceptors (Lipinski definition) is 10.